The Morgan fingerprint density at radius 3 is 2.86 bits per heavy atom. The molecule has 0 bridgehead atoms. The summed E-state index contributed by atoms with van der Waals surface area (Å²) in [5.74, 6) is 6.17. The maximum Gasteiger partial charge on any atom is 0.0768 e. The Morgan fingerprint density at radius 1 is 1.43 bits per heavy atom. The quantitative estimate of drug-likeness (QED) is 0.700. The van der Waals surface area contributed by atoms with Crippen molar-refractivity contribution in [3.05, 3.63) is 22.4 Å². The smallest absolute Gasteiger partial charge is 0.0768 e. The molecule has 74 valence electrons. The molecule has 14 heavy (non-hydrogen) atoms. The highest BCUT2D eigenvalue weighted by Gasteiger charge is 2.29. The third-order valence-corrected chi connectivity index (χ3v) is 3.47. The SMILES string of the molecule is OC1(CC#Cc2cccs2)CCCC1. The number of hydrogen-bond donors (Lipinski definition) is 1. The van der Waals surface area contributed by atoms with Crippen LogP contribution in [0.3, 0.4) is 0 Å². The Bertz CT molecular complexity index is 336. The van der Waals surface area contributed by atoms with Crippen molar-refractivity contribution in [2.75, 3.05) is 0 Å². The monoisotopic (exact) mass is 206 g/mol. The summed E-state index contributed by atoms with van der Waals surface area (Å²) in [6.07, 6.45) is 4.78. The van der Waals surface area contributed by atoms with Gasteiger partial charge in [-0.25, -0.2) is 0 Å². The number of thiophene rings is 1. The van der Waals surface area contributed by atoms with Gasteiger partial charge in [-0.1, -0.05) is 30.7 Å². The fourth-order valence-corrected chi connectivity index (χ4v) is 2.45. The molecule has 1 aromatic rings. The fourth-order valence-electron chi connectivity index (χ4n) is 1.86. The van der Waals surface area contributed by atoms with Crippen LogP contribution in [0.1, 0.15) is 37.0 Å². The maximum atomic E-state index is 10.0. The van der Waals surface area contributed by atoms with Crippen LogP contribution in [0.5, 0.6) is 0 Å². The molecule has 2 heteroatoms. The van der Waals surface area contributed by atoms with E-state index in [1.165, 1.54) is 0 Å². The molecule has 1 nitrogen and oxygen atoms in total. The van der Waals surface area contributed by atoms with Crippen LogP contribution in [0.4, 0.5) is 0 Å². The standard InChI is InChI=1S/C12H14OS/c13-12(7-1-2-8-12)9-3-5-11-6-4-10-14-11/h4,6,10,13H,1-2,7-9H2. The van der Waals surface area contributed by atoms with Gasteiger partial charge in [0.1, 0.15) is 0 Å². The molecule has 0 atom stereocenters. The van der Waals surface area contributed by atoms with Gasteiger partial charge in [0, 0.05) is 6.42 Å². The zero-order valence-electron chi connectivity index (χ0n) is 8.12. The second kappa shape index (κ2) is 4.16. The van der Waals surface area contributed by atoms with E-state index in [9.17, 15) is 5.11 Å². The topological polar surface area (TPSA) is 20.2 Å². The molecule has 0 spiro atoms. The molecule has 2 rings (SSSR count). The summed E-state index contributed by atoms with van der Waals surface area (Å²) in [6, 6.07) is 4.01. The lowest BCUT2D eigenvalue weighted by atomic mass is 9.99. The van der Waals surface area contributed by atoms with Crippen molar-refractivity contribution in [3.63, 3.8) is 0 Å². The van der Waals surface area contributed by atoms with Crippen LogP contribution < -0.4 is 0 Å². The van der Waals surface area contributed by atoms with Gasteiger partial charge in [-0.05, 0) is 24.3 Å². The second-order valence-electron chi connectivity index (χ2n) is 3.89. The van der Waals surface area contributed by atoms with Crippen molar-refractivity contribution in [2.24, 2.45) is 0 Å². The highest BCUT2D eigenvalue weighted by Crippen LogP contribution is 2.31. The van der Waals surface area contributed by atoms with E-state index in [0.717, 1.165) is 30.6 Å². The summed E-state index contributed by atoms with van der Waals surface area (Å²) in [5, 5.41) is 12.0. The van der Waals surface area contributed by atoms with Crippen LogP contribution in [-0.2, 0) is 0 Å². The summed E-state index contributed by atoms with van der Waals surface area (Å²) in [7, 11) is 0. The van der Waals surface area contributed by atoms with Crippen molar-refractivity contribution in [2.45, 2.75) is 37.7 Å². The predicted molar refractivity (Wildman–Crippen MR) is 59.2 cm³/mol. The molecule has 0 unspecified atom stereocenters. The van der Waals surface area contributed by atoms with E-state index in [-0.39, 0.29) is 0 Å². The molecular formula is C12H14OS. The Hall–Kier alpha value is -0.780. The van der Waals surface area contributed by atoms with Crippen molar-refractivity contribution in [1.82, 2.24) is 0 Å². The van der Waals surface area contributed by atoms with Gasteiger partial charge in [0.05, 0.1) is 10.5 Å². The second-order valence-corrected chi connectivity index (χ2v) is 4.83. The van der Waals surface area contributed by atoms with Crippen LogP contribution in [-0.4, -0.2) is 10.7 Å². The average molecular weight is 206 g/mol. The van der Waals surface area contributed by atoms with E-state index in [0.29, 0.717) is 6.42 Å². The molecule has 1 fully saturated rings. The van der Waals surface area contributed by atoms with Gasteiger partial charge in [-0.15, -0.1) is 11.3 Å². The van der Waals surface area contributed by atoms with Gasteiger partial charge in [0.25, 0.3) is 0 Å². The first-order valence-electron chi connectivity index (χ1n) is 5.03. The predicted octanol–water partition coefficient (Wildman–Crippen LogP) is 2.79. The maximum absolute atomic E-state index is 10.0. The number of rotatable bonds is 1. The third-order valence-electron chi connectivity index (χ3n) is 2.68. The Morgan fingerprint density at radius 2 is 2.21 bits per heavy atom. The highest BCUT2D eigenvalue weighted by molar-refractivity contribution is 7.10. The zero-order valence-corrected chi connectivity index (χ0v) is 8.94. The van der Waals surface area contributed by atoms with Crippen molar-refractivity contribution >= 4 is 11.3 Å². The lowest BCUT2D eigenvalue weighted by Gasteiger charge is -2.17. The van der Waals surface area contributed by atoms with E-state index in [4.69, 9.17) is 0 Å². The first-order valence-corrected chi connectivity index (χ1v) is 5.91. The molecule has 1 heterocycles. The molecule has 1 aromatic heterocycles. The van der Waals surface area contributed by atoms with Crippen LogP contribution >= 0.6 is 11.3 Å². The molecule has 1 N–H and O–H groups in total. The van der Waals surface area contributed by atoms with Gasteiger partial charge in [0.2, 0.25) is 0 Å². The minimum Gasteiger partial charge on any atom is -0.389 e. The van der Waals surface area contributed by atoms with Crippen LogP contribution in [0.25, 0.3) is 0 Å². The molecular weight excluding hydrogens is 192 g/mol. The molecule has 1 saturated carbocycles. The Balaban J connectivity index is 1.93. The molecule has 1 aliphatic carbocycles. The third kappa shape index (κ3) is 2.37. The molecule has 0 aliphatic heterocycles. The Labute approximate surface area is 88.8 Å². The van der Waals surface area contributed by atoms with Crippen LogP contribution in [0.15, 0.2) is 17.5 Å². The largest absolute Gasteiger partial charge is 0.389 e. The van der Waals surface area contributed by atoms with Crippen LogP contribution in [0.2, 0.25) is 0 Å². The van der Waals surface area contributed by atoms with E-state index >= 15 is 0 Å². The summed E-state index contributed by atoms with van der Waals surface area (Å²) in [4.78, 5) is 1.09. The van der Waals surface area contributed by atoms with E-state index in [2.05, 4.69) is 11.8 Å². The summed E-state index contributed by atoms with van der Waals surface area (Å²) in [6.45, 7) is 0. The van der Waals surface area contributed by atoms with E-state index < -0.39 is 5.60 Å². The molecule has 0 amide bonds. The zero-order chi connectivity index (χ0) is 9.86. The minimum absolute atomic E-state index is 0.482. The summed E-state index contributed by atoms with van der Waals surface area (Å²) < 4.78 is 0. The highest BCUT2D eigenvalue weighted by atomic mass is 32.1. The average Bonchev–Trinajstić information content (AvgIpc) is 2.77. The number of hydrogen-bond acceptors (Lipinski definition) is 2. The fraction of sp³-hybridized carbons (Fsp3) is 0.500. The van der Waals surface area contributed by atoms with Gasteiger partial charge >= 0.3 is 0 Å². The lowest BCUT2D eigenvalue weighted by Crippen LogP contribution is -2.22. The van der Waals surface area contributed by atoms with Crippen molar-refractivity contribution < 1.29 is 5.11 Å². The summed E-state index contributed by atoms with van der Waals surface area (Å²) in [5.41, 5.74) is -0.482. The van der Waals surface area contributed by atoms with Crippen LogP contribution in [0, 0.1) is 11.8 Å². The van der Waals surface area contributed by atoms with Crippen molar-refractivity contribution in [1.29, 1.82) is 0 Å². The molecule has 0 aromatic carbocycles. The normalized spacial score (nSPS) is 18.9. The van der Waals surface area contributed by atoms with Gasteiger partial charge in [0.15, 0.2) is 0 Å². The first kappa shape index (κ1) is 9.76. The summed E-state index contributed by atoms with van der Waals surface area (Å²) >= 11 is 1.65. The first-order chi connectivity index (χ1) is 6.79. The molecule has 1 aliphatic rings. The van der Waals surface area contributed by atoms with Gasteiger partial charge < -0.3 is 5.11 Å². The lowest BCUT2D eigenvalue weighted by molar-refractivity contribution is 0.0532. The minimum atomic E-state index is -0.482. The van der Waals surface area contributed by atoms with Crippen molar-refractivity contribution in [3.8, 4) is 11.8 Å². The van der Waals surface area contributed by atoms with E-state index in [1.807, 2.05) is 17.5 Å². The Kier molecular flexibility index (Phi) is 2.90. The van der Waals surface area contributed by atoms with Gasteiger partial charge in [-0.3, -0.25) is 0 Å². The van der Waals surface area contributed by atoms with Gasteiger partial charge in [-0.2, -0.15) is 0 Å². The molecule has 0 saturated heterocycles. The van der Waals surface area contributed by atoms with E-state index in [1.54, 1.807) is 11.3 Å². The molecule has 0 radical (unpaired) electrons. The number of aliphatic hydroxyl groups is 1.